The zero-order valence-corrected chi connectivity index (χ0v) is 13.5. The average Bonchev–Trinajstić information content (AvgIpc) is 2.63. The molecule has 1 N–H and O–H groups in total. The van der Waals surface area contributed by atoms with Gasteiger partial charge >= 0.3 is 0 Å². The molecule has 3 nitrogen and oxygen atoms in total. The van der Waals surface area contributed by atoms with Gasteiger partial charge in [-0.1, -0.05) is 37.6 Å². The van der Waals surface area contributed by atoms with Crippen LogP contribution in [0.5, 0.6) is 0 Å². The van der Waals surface area contributed by atoms with Gasteiger partial charge in [0.25, 0.3) is 0 Å². The van der Waals surface area contributed by atoms with Crippen molar-refractivity contribution in [3.63, 3.8) is 0 Å². The monoisotopic (exact) mass is 303 g/mol. The number of rotatable bonds is 3. The van der Waals surface area contributed by atoms with Gasteiger partial charge in [0, 0.05) is 12.1 Å². The largest absolute Gasteiger partial charge is 0.370 e. The van der Waals surface area contributed by atoms with Crippen molar-refractivity contribution >= 4 is 17.4 Å². The second-order valence-electron chi connectivity index (χ2n) is 6.12. The summed E-state index contributed by atoms with van der Waals surface area (Å²) in [4.78, 5) is 0. The average molecular weight is 304 g/mol. The molecule has 0 spiro atoms. The summed E-state index contributed by atoms with van der Waals surface area (Å²) in [6, 6.07) is 7.91. The van der Waals surface area contributed by atoms with Crippen molar-refractivity contribution in [2.75, 3.05) is 11.9 Å². The highest BCUT2D eigenvalue weighted by Gasteiger charge is 2.21. The predicted molar refractivity (Wildman–Crippen MR) is 88.5 cm³/mol. The van der Waals surface area contributed by atoms with Crippen molar-refractivity contribution in [2.45, 2.75) is 39.5 Å². The maximum Gasteiger partial charge on any atom is 0.133 e. The van der Waals surface area contributed by atoms with Crippen LogP contribution in [0.15, 0.2) is 24.3 Å². The van der Waals surface area contributed by atoms with Crippen molar-refractivity contribution in [3.05, 3.63) is 40.5 Å². The minimum absolute atomic E-state index is 0.604. The SMILES string of the molecule is CC(C)Cc1nn(-c2ccccc2Cl)c2c1CCCCN2. The van der Waals surface area contributed by atoms with E-state index in [1.807, 2.05) is 28.9 Å². The number of anilines is 1. The molecule has 112 valence electrons. The molecule has 1 aromatic carbocycles. The molecule has 4 heteroatoms. The summed E-state index contributed by atoms with van der Waals surface area (Å²) < 4.78 is 2.00. The number of nitrogens with zero attached hydrogens (tertiary/aromatic N) is 2. The summed E-state index contributed by atoms with van der Waals surface area (Å²) in [5, 5.41) is 9.17. The third kappa shape index (κ3) is 2.93. The summed E-state index contributed by atoms with van der Waals surface area (Å²) in [6.07, 6.45) is 4.55. The topological polar surface area (TPSA) is 29.9 Å². The highest BCUT2D eigenvalue weighted by Crippen LogP contribution is 2.31. The molecule has 0 bridgehead atoms. The first kappa shape index (κ1) is 14.5. The Kier molecular flexibility index (Phi) is 4.20. The summed E-state index contributed by atoms with van der Waals surface area (Å²) >= 11 is 6.37. The van der Waals surface area contributed by atoms with E-state index in [0.29, 0.717) is 5.92 Å². The van der Waals surface area contributed by atoms with E-state index < -0.39 is 0 Å². The molecule has 0 saturated heterocycles. The highest BCUT2D eigenvalue weighted by molar-refractivity contribution is 6.32. The molecule has 0 aliphatic carbocycles. The second kappa shape index (κ2) is 6.10. The fraction of sp³-hybridized carbons (Fsp3) is 0.471. The number of fused-ring (bicyclic) bond motifs is 1. The fourth-order valence-corrected chi connectivity index (χ4v) is 3.14. The molecular formula is C17H22ClN3. The van der Waals surface area contributed by atoms with E-state index in [1.165, 1.54) is 24.1 Å². The Balaban J connectivity index is 2.12. The molecular weight excluding hydrogens is 282 g/mol. The lowest BCUT2D eigenvalue weighted by Crippen LogP contribution is -2.07. The van der Waals surface area contributed by atoms with Gasteiger partial charge in [-0.2, -0.15) is 5.10 Å². The molecule has 2 heterocycles. The van der Waals surface area contributed by atoms with Gasteiger partial charge in [0.1, 0.15) is 5.82 Å². The van der Waals surface area contributed by atoms with Crippen LogP contribution in [-0.2, 0) is 12.8 Å². The van der Waals surface area contributed by atoms with Gasteiger partial charge in [-0.3, -0.25) is 0 Å². The van der Waals surface area contributed by atoms with E-state index >= 15 is 0 Å². The lowest BCUT2D eigenvalue weighted by atomic mass is 10.0. The molecule has 3 rings (SSSR count). The molecule has 1 aliphatic rings. The smallest absolute Gasteiger partial charge is 0.133 e. The lowest BCUT2D eigenvalue weighted by Gasteiger charge is -2.10. The number of nitrogens with one attached hydrogen (secondary N) is 1. The Morgan fingerprint density at radius 2 is 2.10 bits per heavy atom. The quantitative estimate of drug-likeness (QED) is 0.906. The number of hydrogen-bond donors (Lipinski definition) is 1. The van der Waals surface area contributed by atoms with Crippen LogP contribution in [0.2, 0.25) is 5.02 Å². The third-order valence-electron chi connectivity index (χ3n) is 3.89. The Bertz CT molecular complexity index is 631. The van der Waals surface area contributed by atoms with E-state index in [4.69, 9.17) is 16.7 Å². The van der Waals surface area contributed by atoms with Crippen LogP contribution in [0.25, 0.3) is 5.69 Å². The molecule has 0 radical (unpaired) electrons. The van der Waals surface area contributed by atoms with Gasteiger partial charge in [0.2, 0.25) is 0 Å². The van der Waals surface area contributed by atoms with E-state index in [-0.39, 0.29) is 0 Å². The number of aromatic nitrogens is 2. The molecule has 1 aliphatic heterocycles. The Morgan fingerprint density at radius 1 is 1.29 bits per heavy atom. The van der Waals surface area contributed by atoms with E-state index in [1.54, 1.807) is 0 Å². The van der Waals surface area contributed by atoms with Gasteiger partial charge in [0.15, 0.2) is 0 Å². The molecule has 0 amide bonds. The van der Waals surface area contributed by atoms with Crippen molar-refractivity contribution in [2.24, 2.45) is 5.92 Å². The van der Waals surface area contributed by atoms with Crippen LogP contribution in [0, 0.1) is 5.92 Å². The standard InChI is InChI=1S/C17H22ClN3/c1-12(2)11-15-13-7-5-6-10-19-17(13)21(20-15)16-9-4-3-8-14(16)18/h3-4,8-9,12,19H,5-7,10-11H2,1-2H3. The van der Waals surface area contributed by atoms with Gasteiger partial charge in [-0.25, -0.2) is 4.68 Å². The Hall–Kier alpha value is -1.48. The van der Waals surface area contributed by atoms with Crippen molar-refractivity contribution in [1.82, 2.24) is 9.78 Å². The number of halogens is 1. The molecule has 21 heavy (non-hydrogen) atoms. The van der Waals surface area contributed by atoms with Crippen LogP contribution in [-0.4, -0.2) is 16.3 Å². The van der Waals surface area contributed by atoms with Crippen molar-refractivity contribution in [1.29, 1.82) is 0 Å². The number of para-hydroxylation sites is 1. The van der Waals surface area contributed by atoms with Crippen molar-refractivity contribution < 1.29 is 0 Å². The van der Waals surface area contributed by atoms with Crippen LogP contribution in [0.1, 0.15) is 37.9 Å². The minimum Gasteiger partial charge on any atom is -0.370 e. The predicted octanol–water partition coefficient (Wildman–Crippen LogP) is 4.47. The second-order valence-corrected chi connectivity index (χ2v) is 6.53. The molecule has 0 fully saturated rings. The van der Waals surface area contributed by atoms with E-state index in [0.717, 1.165) is 35.9 Å². The van der Waals surface area contributed by atoms with Crippen LogP contribution < -0.4 is 5.32 Å². The van der Waals surface area contributed by atoms with E-state index in [9.17, 15) is 0 Å². The van der Waals surface area contributed by atoms with Gasteiger partial charge < -0.3 is 5.32 Å². The Morgan fingerprint density at radius 3 is 2.86 bits per heavy atom. The summed E-state index contributed by atoms with van der Waals surface area (Å²) in [7, 11) is 0. The van der Waals surface area contributed by atoms with E-state index in [2.05, 4.69) is 19.2 Å². The van der Waals surface area contributed by atoms with Gasteiger partial charge in [0.05, 0.1) is 16.4 Å². The summed E-state index contributed by atoms with van der Waals surface area (Å²) in [5.41, 5.74) is 3.55. The minimum atomic E-state index is 0.604. The molecule has 0 atom stereocenters. The van der Waals surface area contributed by atoms with Crippen LogP contribution >= 0.6 is 11.6 Å². The summed E-state index contributed by atoms with van der Waals surface area (Å²) in [5.74, 6) is 1.74. The lowest BCUT2D eigenvalue weighted by molar-refractivity contribution is 0.622. The number of benzene rings is 1. The molecule has 0 saturated carbocycles. The maximum atomic E-state index is 6.37. The normalized spacial score (nSPS) is 14.7. The zero-order chi connectivity index (χ0) is 14.8. The first-order valence-corrected chi connectivity index (χ1v) is 8.14. The third-order valence-corrected chi connectivity index (χ3v) is 4.21. The maximum absolute atomic E-state index is 6.37. The molecule has 0 unspecified atom stereocenters. The molecule has 2 aromatic rings. The van der Waals surface area contributed by atoms with Crippen LogP contribution in [0.4, 0.5) is 5.82 Å². The number of hydrogen-bond acceptors (Lipinski definition) is 2. The zero-order valence-electron chi connectivity index (χ0n) is 12.7. The van der Waals surface area contributed by atoms with Crippen molar-refractivity contribution in [3.8, 4) is 5.69 Å². The summed E-state index contributed by atoms with van der Waals surface area (Å²) in [6.45, 7) is 5.49. The first-order valence-electron chi connectivity index (χ1n) is 7.76. The van der Waals surface area contributed by atoms with Crippen LogP contribution in [0.3, 0.4) is 0 Å². The fourth-order valence-electron chi connectivity index (χ4n) is 2.92. The first-order chi connectivity index (χ1) is 10.2. The highest BCUT2D eigenvalue weighted by atomic mass is 35.5. The molecule has 1 aromatic heterocycles. The Labute approximate surface area is 131 Å². The van der Waals surface area contributed by atoms with Gasteiger partial charge in [-0.05, 0) is 43.7 Å². The van der Waals surface area contributed by atoms with Gasteiger partial charge in [-0.15, -0.1) is 0 Å².